The van der Waals surface area contributed by atoms with Gasteiger partial charge in [0.25, 0.3) is 0 Å². The lowest BCUT2D eigenvalue weighted by Crippen LogP contribution is -2.25. The summed E-state index contributed by atoms with van der Waals surface area (Å²) in [7, 11) is 0. The molecule has 5 heteroatoms. The summed E-state index contributed by atoms with van der Waals surface area (Å²) in [6.07, 6.45) is 7.13. The second-order valence-electron chi connectivity index (χ2n) is 7.05. The molecule has 146 valence electrons. The van der Waals surface area contributed by atoms with Crippen molar-refractivity contribution >= 4 is 22.8 Å². The number of benzene rings is 1. The van der Waals surface area contributed by atoms with Crippen molar-refractivity contribution < 1.29 is 14.7 Å². The summed E-state index contributed by atoms with van der Waals surface area (Å²) in [4.78, 5) is 31.5. The first-order valence-electron chi connectivity index (χ1n) is 9.90. The van der Waals surface area contributed by atoms with Crippen LogP contribution in [0.3, 0.4) is 0 Å². The number of fused-ring (bicyclic) bond motifs is 1. The van der Waals surface area contributed by atoms with Gasteiger partial charge in [-0.25, -0.2) is 0 Å². The third-order valence-corrected chi connectivity index (χ3v) is 5.01. The van der Waals surface area contributed by atoms with Gasteiger partial charge in [0.2, 0.25) is 5.78 Å². The van der Waals surface area contributed by atoms with E-state index in [4.69, 9.17) is 0 Å². The molecule has 28 heavy (non-hydrogen) atoms. The number of phenolic OH excluding ortho intramolecular Hbond substituents is 1. The Kier molecular flexibility index (Phi) is 6.24. The number of hydrogen-bond donors (Lipinski definition) is 1. The van der Waals surface area contributed by atoms with Gasteiger partial charge < -0.3 is 10.0 Å². The maximum absolute atomic E-state index is 12.8. The molecule has 1 heterocycles. The standard InChI is InChI=1S/C23H26N2O3/c1-3-5-12-25(13-6-4-2)16-9-10-17(20(26)14-16)19-15-21(27)22-18(23(19)28)8-7-11-24-22/h7-11,14-15,26H,3-6,12-13H2,1-2H3. The highest BCUT2D eigenvalue weighted by atomic mass is 16.3. The molecule has 1 aliphatic rings. The lowest BCUT2D eigenvalue weighted by atomic mass is 9.88. The fourth-order valence-electron chi connectivity index (χ4n) is 3.41. The number of carbonyl (C=O) groups is 2. The molecule has 0 saturated carbocycles. The minimum atomic E-state index is -0.318. The predicted molar refractivity (Wildman–Crippen MR) is 111 cm³/mol. The zero-order chi connectivity index (χ0) is 20.1. The van der Waals surface area contributed by atoms with Crippen molar-refractivity contribution in [1.29, 1.82) is 0 Å². The van der Waals surface area contributed by atoms with Crippen LogP contribution in [0.15, 0.2) is 42.6 Å². The number of ketones is 2. The van der Waals surface area contributed by atoms with E-state index in [9.17, 15) is 14.7 Å². The van der Waals surface area contributed by atoms with Crippen LogP contribution in [0, 0.1) is 0 Å². The number of allylic oxidation sites excluding steroid dienone is 2. The van der Waals surface area contributed by atoms with Gasteiger partial charge in [-0.1, -0.05) is 26.7 Å². The fourth-order valence-corrected chi connectivity index (χ4v) is 3.41. The molecule has 0 saturated heterocycles. The van der Waals surface area contributed by atoms with Gasteiger partial charge >= 0.3 is 0 Å². The number of hydrogen-bond acceptors (Lipinski definition) is 5. The minimum absolute atomic E-state index is 0.00948. The number of rotatable bonds is 8. The Morgan fingerprint density at radius 3 is 2.36 bits per heavy atom. The lowest BCUT2D eigenvalue weighted by molar-refractivity contribution is 0.0997. The van der Waals surface area contributed by atoms with Crippen molar-refractivity contribution in [3.8, 4) is 5.75 Å². The van der Waals surface area contributed by atoms with Gasteiger partial charge in [0, 0.05) is 42.2 Å². The Morgan fingerprint density at radius 1 is 1.00 bits per heavy atom. The molecule has 1 aromatic heterocycles. The van der Waals surface area contributed by atoms with Crippen molar-refractivity contribution in [2.75, 3.05) is 18.0 Å². The SMILES string of the molecule is CCCCN(CCCC)c1ccc(C2=CC(=O)c3ncccc3C2=O)c(O)c1. The molecule has 3 rings (SSSR count). The summed E-state index contributed by atoms with van der Waals surface area (Å²) in [6, 6.07) is 8.57. The van der Waals surface area contributed by atoms with Crippen LogP contribution in [0.4, 0.5) is 5.69 Å². The van der Waals surface area contributed by atoms with E-state index < -0.39 is 0 Å². The van der Waals surface area contributed by atoms with Gasteiger partial charge in [-0.15, -0.1) is 0 Å². The topological polar surface area (TPSA) is 70.5 Å². The highest BCUT2D eigenvalue weighted by Gasteiger charge is 2.28. The zero-order valence-electron chi connectivity index (χ0n) is 16.4. The predicted octanol–water partition coefficient (Wildman–Crippen LogP) is 4.66. The first-order chi connectivity index (χ1) is 13.6. The third kappa shape index (κ3) is 3.98. The first kappa shape index (κ1) is 19.8. The molecule has 0 unspecified atom stereocenters. The van der Waals surface area contributed by atoms with Crippen LogP contribution in [0.25, 0.3) is 5.57 Å². The van der Waals surface area contributed by atoms with Crippen molar-refractivity contribution in [2.45, 2.75) is 39.5 Å². The number of Topliss-reactive ketones (excluding diaryl/α,β-unsaturated/α-hetero) is 1. The summed E-state index contributed by atoms with van der Waals surface area (Å²) in [5, 5.41) is 10.6. The molecule has 0 amide bonds. The van der Waals surface area contributed by atoms with Gasteiger partial charge in [-0.05, 0) is 43.2 Å². The third-order valence-electron chi connectivity index (χ3n) is 5.01. The number of anilines is 1. The molecule has 0 radical (unpaired) electrons. The van der Waals surface area contributed by atoms with Crippen molar-refractivity contribution in [2.24, 2.45) is 0 Å². The van der Waals surface area contributed by atoms with Crippen LogP contribution in [0.5, 0.6) is 5.75 Å². The van der Waals surface area contributed by atoms with Crippen molar-refractivity contribution in [3.05, 3.63) is 59.4 Å². The number of aromatic hydroxyl groups is 1. The number of unbranched alkanes of at least 4 members (excludes halogenated alkanes) is 2. The molecule has 1 aliphatic carbocycles. The molecule has 1 N–H and O–H groups in total. The summed E-state index contributed by atoms with van der Waals surface area (Å²) >= 11 is 0. The average Bonchev–Trinajstić information content (AvgIpc) is 2.71. The Labute approximate surface area is 165 Å². The number of nitrogens with zero attached hydrogens (tertiary/aromatic N) is 2. The minimum Gasteiger partial charge on any atom is -0.507 e. The van der Waals surface area contributed by atoms with E-state index in [1.54, 1.807) is 24.3 Å². The highest BCUT2D eigenvalue weighted by Crippen LogP contribution is 2.34. The number of carbonyl (C=O) groups excluding carboxylic acids is 2. The van der Waals surface area contributed by atoms with E-state index in [-0.39, 0.29) is 34.1 Å². The van der Waals surface area contributed by atoms with Gasteiger partial charge in [-0.2, -0.15) is 0 Å². The molecule has 2 aromatic rings. The second kappa shape index (κ2) is 8.83. The molecule has 0 fully saturated rings. The van der Waals surface area contributed by atoms with Crippen LogP contribution < -0.4 is 4.90 Å². The van der Waals surface area contributed by atoms with Gasteiger partial charge in [0.05, 0.1) is 5.56 Å². The zero-order valence-corrected chi connectivity index (χ0v) is 16.4. The van der Waals surface area contributed by atoms with E-state index in [0.29, 0.717) is 5.56 Å². The van der Waals surface area contributed by atoms with Gasteiger partial charge in [-0.3, -0.25) is 14.6 Å². The van der Waals surface area contributed by atoms with E-state index >= 15 is 0 Å². The molecular formula is C23H26N2O3. The largest absolute Gasteiger partial charge is 0.507 e. The maximum atomic E-state index is 12.8. The van der Waals surface area contributed by atoms with Crippen molar-refractivity contribution in [3.63, 3.8) is 0 Å². The highest BCUT2D eigenvalue weighted by molar-refractivity contribution is 6.38. The van der Waals surface area contributed by atoms with Crippen LogP contribution >= 0.6 is 0 Å². The lowest BCUT2D eigenvalue weighted by Gasteiger charge is -2.25. The maximum Gasteiger partial charge on any atom is 0.205 e. The van der Waals surface area contributed by atoms with Crippen LogP contribution in [-0.4, -0.2) is 34.7 Å². The Hall–Kier alpha value is -2.95. The first-order valence-corrected chi connectivity index (χ1v) is 9.90. The molecule has 0 spiro atoms. The van der Waals surface area contributed by atoms with Gasteiger partial charge in [0.15, 0.2) is 5.78 Å². The molecular weight excluding hydrogens is 352 g/mol. The molecule has 0 aliphatic heterocycles. The summed E-state index contributed by atoms with van der Waals surface area (Å²) in [5.74, 6) is -0.601. The Morgan fingerprint density at radius 2 is 1.71 bits per heavy atom. The fraction of sp³-hybridized carbons (Fsp3) is 0.348. The van der Waals surface area contributed by atoms with Crippen molar-refractivity contribution in [1.82, 2.24) is 4.98 Å². The summed E-state index contributed by atoms with van der Waals surface area (Å²) in [5.41, 5.74) is 1.96. The molecule has 1 aromatic carbocycles. The molecule has 5 nitrogen and oxygen atoms in total. The Bertz CT molecular complexity index is 910. The summed E-state index contributed by atoms with van der Waals surface area (Å²) < 4.78 is 0. The smallest absolute Gasteiger partial charge is 0.205 e. The monoisotopic (exact) mass is 378 g/mol. The van der Waals surface area contributed by atoms with Crippen LogP contribution in [0.1, 0.15) is 65.9 Å². The van der Waals surface area contributed by atoms with E-state index in [0.717, 1.165) is 44.5 Å². The number of aromatic nitrogens is 1. The Balaban J connectivity index is 1.92. The van der Waals surface area contributed by atoms with E-state index in [2.05, 4.69) is 23.7 Å². The van der Waals surface area contributed by atoms with E-state index in [1.165, 1.54) is 12.3 Å². The normalized spacial score (nSPS) is 13.3. The van der Waals surface area contributed by atoms with Crippen LogP contribution in [0.2, 0.25) is 0 Å². The summed E-state index contributed by atoms with van der Waals surface area (Å²) in [6.45, 7) is 6.16. The number of phenols is 1. The van der Waals surface area contributed by atoms with E-state index in [1.807, 2.05) is 6.07 Å². The molecule has 0 atom stereocenters. The van der Waals surface area contributed by atoms with Gasteiger partial charge in [0.1, 0.15) is 11.4 Å². The second-order valence-corrected chi connectivity index (χ2v) is 7.05. The average molecular weight is 378 g/mol. The molecule has 0 bridgehead atoms. The number of pyridine rings is 1. The quantitative estimate of drug-likeness (QED) is 0.724. The van der Waals surface area contributed by atoms with Crippen LogP contribution in [-0.2, 0) is 0 Å².